The van der Waals surface area contributed by atoms with E-state index < -0.39 is 11.5 Å². The molecular formula is C24H13Cl3N4O3. The van der Waals surface area contributed by atoms with Gasteiger partial charge in [-0.3, -0.25) is 13.9 Å². The molecule has 168 valence electrons. The minimum atomic E-state index is -1.08. The third-order valence-corrected chi connectivity index (χ3v) is 6.01. The van der Waals surface area contributed by atoms with Crippen molar-refractivity contribution in [1.29, 1.82) is 0 Å². The number of halogens is 3. The van der Waals surface area contributed by atoms with Crippen molar-refractivity contribution in [2.75, 3.05) is 0 Å². The number of aromatic nitrogens is 4. The quantitative estimate of drug-likeness (QED) is 0.325. The van der Waals surface area contributed by atoms with Crippen LogP contribution in [-0.2, 0) is 0 Å². The number of imidazole rings is 1. The number of fused-ring (bicyclic) bond motifs is 1. The van der Waals surface area contributed by atoms with Gasteiger partial charge in [0.05, 0.1) is 16.3 Å². The van der Waals surface area contributed by atoms with Gasteiger partial charge < -0.3 is 5.11 Å². The molecule has 0 amide bonds. The molecule has 5 aromatic rings. The summed E-state index contributed by atoms with van der Waals surface area (Å²) >= 11 is 18.6. The summed E-state index contributed by atoms with van der Waals surface area (Å²) in [6, 6.07) is 17.8. The SMILES string of the molecule is O=C(O)c1cccc(-n2cnc3nc(-c4ccc(Cl)cc4Cl)n(-c4ccc(Cl)cc4)c(=O)c32)c1. The second-order valence-corrected chi connectivity index (χ2v) is 8.60. The van der Waals surface area contributed by atoms with Crippen molar-refractivity contribution in [3.05, 3.63) is 104 Å². The van der Waals surface area contributed by atoms with Crippen LogP contribution >= 0.6 is 34.8 Å². The summed E-state index contributed by atoms with van der Waals surface area (Å²) in [6.45, 7) is 0. The molecule has 0 radical (unpaired) electrons. The van der Waals surface area contributed by atoms with E-state index in [1.54, 1.807) is 54.6 Å². The molecule has 0 unspecified atom stereocenters. The lowest BCUT2D eigenvalue weighted by Gasteiger charge is -2.14. The van der Waals surface area contributed by atoms with Crippen LogP contribution in [-0.4, -0.2) is 30.2 Å². The molecule has 2 aromatic heterocycles. The van der Waals surface area contributed by atoms with Gasteiger partial charge >= 0.3 is 5.97 Å². The number of benzene rings is 3. The molecule has 10 heteroatoms. The number of carboxylic acid groups (broad SMARTS) is 1. The molecule has 0 fully saturated rings. The van der Waals surface area contributed by atoms with Crippen molar-refractivity contribution < 1.29 is 9.90 Å². The van der Waals surface area contributed by atoms with E-state index in [2.05, 4.69) is 9.97 Å². The third-order valence-electron chi connectivity index (χ3n) is 5.21. The fourth-order valence-corrected chi connectivity index (χ4v) is 4.26. The van der Waals surface area contributed by atoms with Gasteiger partial charge in [0, 0.05) is 21.3 Å². The predicted octanol–water partition coefficient (Wildman–Crippen LogP) is 5.90. The van der Waals surface area contributed by atoms with Gasteiger partial charge in [0.15, 0.2) is 17.0 Å². The molecule has 7 nitrogen and oxygen atoms in total. The average Bonchev–Trinajstić information content (AvgIpc) is 3.24. The maximum atomic E-state index is 13.9. The molecule has 0 spiro atoms. The molecule has 0 aliphatic rings. The fraction of sp³-hybridized carbons (Fsp3) is 0. The van der Waals surface area contributed by atoms with Gasteiger partial charge in [0.2, 0.25) is 0 Å². The summed E-state index contributed by atoms with van der Waals surface area (Å²) in [7, 11) is 0. The van der Waals surface area contributed by atoms with Gasteiger partial charge in [-0.25, -0.2) is 14.8 Å². The Morgan fingerprint density at radius 1 is 0.882 bits per heavy atom. The maximum absolute atomic E-state index is 13.9. The number of nitrogens with zero attached hydrogens (tertiary/aromatic N) is 4. The van der Waals surface area contributed by atoms with Crippen LogP contribution in [0.4, 0.5) is 0 Å². The van der Waals surface area contributed by atoms with E-state index in [1.807, 2.05) is 0 Å². The molecule has 0 saturated heterocycles. The van der Waals surface area contributed by atoms with Gasteiger partial charge in [-0.2, -0.15) is 0 Å². The van der Waals surface area contributed by atoms with Gasteiger partial charge in [0.25, 0.3) is 5.56 Å². The van der Waals surface area contributed by atoms with E-state index in [1.165, 1.54) is 27.6 Å². The molecule has 1 N–H and O–H groups in total. The second-order valence-electron chi connectivity index (χ2n) is 7.32. The van der Waals surface area contributed by atoms with Crippen LogP contribution in [0.2, 0.25) is 15.1 Å². The first-order valence-electron chi connectivity index (χ1n) is 9.88. The molecule has 5 rings (SSSR count). The second kappa shape index (κ2) is 8.61. The summed E-state index contributed by atoms with van der Waals surface area (Å²) in [5.74, 6) is -0.811. The highest BCUT2D eigenvalue weighted by atomic mass is 35.5. The van der Waals surface area contributed by atoms with Gasteiger partial charge in [-0.15, -0.1) is 0 Å². The minimum absolute atomic E-state index is 0.0786. The van der Waals surface area contributed by atoms with Crippen LogP contribution in [0.15, 0.2) is 77.9 Å². The first-order valence-corrected chi connectivity index (χ1v) is 11.0. The first-order chi connectivity index (χ1) is 16.3. The van der Waals surface area contributed by atoms with E-state index in [9.17, 15) is 14.7 Å². The monoisotopic (exact) mass is 510 g/mol. The molecule has 3 aromatic carbocycles. The van der Waals surface area contributed by atoms with E-state index in [0.717, 1.165) is 0 Å². The summed E-state index contributed by atoms with van der Waals surface area (Å²) in [6.07, 6.45) is 1.43. The summed E-state index contributed by atoms with van der Waals surface area (Å²) in [5, 5.41) is 10.6. The van der Waals surface area contributed by atoms with Crippen LogP contribution in [0.3, 0.4) is 0 Å². The smallest absolute Gasteiger partial charge is 0.335 e. The van der Waals surface area contributed by atoms with Crippen molar-refractivity contribution in [3.8, 4) is 22.8 Å². The number of carboxylic acids is 1. The molecular weight excluding hydrogens is 499 g/mol. The Morgan fingerprint density at radius 3 is 2.32 bits per heavy atom. The predicted molar refractivity (Wildman–Crippen MR) is 132 cm³/mol. The highest BCUT2D eigenvalue weighted by molar-refractivity contribution is 6.36. The molecule has 0 aliphatic heterocycles. The standard InChI is InChI=1S/C24H13Cl3N4O3/c25-14-4-7-16(8-5-14)31-22(18-9-6-15(26)11-19(18)27)29-21-20(23(31)32)30(12-28-21)17-3-1-2-13(10-17)24(33)34/h1-12H,(H,33,34). The Balaban J connectivity index is 1.85. The summed E-state index contributed by atoms with van der Waals surface area (Å²) in [4.78, 5) is 34.3. The van der Waals surface area contributed by atoms with Crippen molar-refractivity contribution in [2.45, 2.75) is 0 Å². The summed E-state index contributed by atoms with van der Waals surface area (Å²) in [5.41, 5.74) is 1.46. The topological polar surface area (TPSA) is 90.0 Å². The number of hydrogen-bond acceptors (Lipinski definition) is 4. The molecule has 0 bridgehead atoms. The molecule has 0 aliphatic carbocycles. The number of carbonyl (C=O) groups is 1. The number of hydrogen-bond donors (Lipinski definition) is 1. The minimum Gasteiger partial charge on any atom is -0.478 e. The van der Waals surface area contributed by atoms with Crippen molar-refractivity contribution >= 4 is 51.9 Å². The van der Waals surface area contributed by atoms with Crippen LogP contribution in [0.1, 0.15) is 10.4 Å². The Hall–Kier alpha value is -3.65. The zero-order valence-electron chi connectivity index (χ0n) is 17.1. The number of aromatic carboxylic acids is 1. The van der Waals surface area contributed by atoms with Gasteiger partial charge in [0.1, 0.15) is 6.33 Å². The maximum Gasteiger partial charge on any atom is 0.335 e. The fourth-order valence-electron chi connectivity index (χ4n) is 3.64. The van der Waals surface area contributed by atoms with E-state index in [-0.39, 0.29) is 22.6 Å². The number of rotatable bonds is 4. The van der Waals surface area contributed by atoms with Crippen LogP contribution in [0.25, 0.3) is 33.9 Å². The first kappa shape index (κ1) is 22.2. The van der Waals surface area contributed by atoms with Crippen LogP contribution < -0.4 is 5.56 Å². The molecule has 34 heavy (non-hydrogen) atoms. The highest BCUT2D eigenvalue weighted by Crippen LogP contribution is 2.31. The van der Waals surface area contributed by atoms with E-state index in [4.69, 9.17) is 34.8 Å². The largest absolute Gasteiger partial charge is 0.478 e. The lowest BCUT2D eigenvalue weighted by Crippen LogP contribution is -2.23. The lowest BCUT2D eigenvalue weighted by atomic mass is 10.2. The lowest BCUT2D eigenvalue weighted by molar-refractivity contribution is 0.0697. The Bertz CT molecular complexity index is 1640. The van der Waals surface area contributed by atoms with Gasteiger partial charge in [-0.05, 0) is 60.7 Å². The van der Waals surface area contributed by atoms with Crippen LogP contribution in [0, 0.1) is 0 Å². The van der Waals surface area contributed by atoms with Crippen LogP contribution in [0.5, 0.6) is 0 Å². The van der Waals surface area contributed by atoms with Gasteiger partial charge in [-0.1, -0.05) is 40.9 Å². The van der Waals surface area contributed by atoms with Crippen molar-refractivity contribution in [1.82, 2.24) is 19.1 Å². The van der Waals surface area contributed by atoms with E-state index >= 15 is 0 Å². The molecule has 0 atom stereocenters. The summed E-state index contributed by atoms with van der Waals surface area (Å²) < 4.78 is 2.92. The highest BCUT2D eigenvalue weighted by Gasteiger charge is 2.21. The van der Waals surface area contributed by atoms with Crippen molar-refractivity contribution in [2.24, 2.45) is 0 Å². The molecule has 2 heterocycles. The average molecular weight is 512 g/mol. The Morgan fingerprint density at radius 2 is 1.62 bits per heavy atom. The normalized spacial score (nSPS) is 11.1. The zero-order chi connectivity index (χ0) is 24.0. The Labute approximate surface area is 207 Å². The van der Waals surface area contributed by atoms with Crippen molar-refractivity contribution in [3.63, 3.8) is 0 Å². The zero-order valence-corrected chi connectivity index (χ0v) is 19.4. The molecule has 0 saturated carbocycles. The Kier molecular flexibility index (Phi) is 5.61. The third kappa shape index (κ3) is 3.84. The van der Waals surface area contributed by atoms with E-state index in [0.29, 0.717) is 32.0 Å².